The van der Waals surface area contributed by atoms with Gasteiger partial charge >= 0.3 is 0 Å². The van der Waals surface area contributed by atoms with Crippen LogP contribution in [0.5, 0.6) is 0 Å². The van der Waals surface area contributed by atoms with Crippen LogP contribution < -0.4 is 0 Å². The summed E-state index contributed by atoms with van der Waals surface area (Å²) in [6, 6.07) is 10.2. The Morgan fingerprint density at radius 1 is 1.25 bits per heavy atom. The molecule has 1 heterocycles. The predicted molar refractivity (Wildman–Crippen MR) is 71.8 cm³/mol. The fraction of sp³-hybridized carbons (Fsp3) is 0.154. The van der Waals surface area contributed by atoms with Crippen LogP contribution in [-0.4, -0.2) is 4.98 Å². The van der Waals surface area contributed by atoms with E-state index in [1.165, 1.54) is 10.4 Å². The first-order valence-corrected chi connectivity index (χ1v) is 6.40. The SMILES string of the molecule is Cc1sc(/C=C/c2ccccc2)nc1CCl. The van der Waals surface area contributed by atoms with Crippen molar-refractivity contribution < 1.29 is 0 Å². The Morgan fingerprint density at radius 2 is 2.00 bits per heavy atom. The fourth-order valence-electron chi connectivity index (χ4n) is 1.38. The van der Waals surface area contributed by atoms with Crippen molar-refractivity contribution in [3.63, 3.8) is 0 Å². The number of halogens is 1. The molecule has 1 aromatic heterocycles. The molecule has 0 amide bonds. The van der Waals surface area contributed by atoms with E-state index in [2.05, 4.69) is 30.1 Å². The quantitative estimate of drug-likeness (QED) is 0.737. The Balaban J connectivity index is 2.18. The number of aromatic nitrogens is 1. The van der Waals surface area contributed by atoms with Crippen LogP contribution in [0.15, 0.2) is 30.3 Å². The van der Waals surface area contributed by atoms with Gasteiger partial charge in [-0.05, 0) is 18.6 Å². The second-order valence-corrected chi connectivity index (χ2v) is 4.93. The molecule has 82 valence electrons. The summed E-state index contributed by atoms with van der Waals surface area (Å²) in [5.74, 6) is 0.488. The molecule has 0 bridgehead atoms. The summed E-state index contributed by atoms with van der Waals surface area (Å²) in [7, 11) is 0. The molecule has 0 aliphatic rings. The molecular weight excluding hydrogens is 238 g/mol. The van der Waals surface area contributed by atoms with Crippen molar-refractivity contribution in [1.82, 2.24) is 4.98 Å². The number of alkyl halides is 1. The average molecular weight is 250 g/mol. The van der Waals surface area contributed by atoms with Crippen molar-refractivity contribution in [2.75, 3.05) is 0 Å². The maximum absolute atomic E-state index is 5.78. The molecule has 1 nitrogen and oxygen atoms in total. The summed E-state index contributed by atoms with van der Waals surface area (Å²) in [4.78, 5) is 5.64. The maximum atomic E-state index is 5.78. The first kappa shape index (κ1) is 11.4. The minimum atomic E-state index is 0.488. The molecule has 0 N–H and O–H groups in total. The van der Waals surface area contributed by atoms with Gasteiger partial charge in [0, 0.05) is 4.88 Å². The highest BCUT2D eigenvalue weighted by Crippen LogP contribution is 2.20. The standard InChI is InChI=1S/C13H12ClNS/c1-10-12(9-14)15-13(16-10)8-7-11-5-3-2-4-6-11/h2-8H,9H2,1H3/b8-7+. The highest BCUT2D eigenvalue weighted by Gasteiger charge is 2.03. The monoisotopic (exact) mass is 249 g/mol. The molecule has 1 aromatic carbocycles. The Morgan fingerprint density at radius 3 is 2.62 bits per heavy atom. The Bertz CT molecular complexity index is 488. The van der Waals surface area contributed by atoms with Crippen molar-refractivity contribution in [3.05, 3.63) is 51.5 Å². The summed E-state index contributed by atoms with van der Waals surface area (Å²) in [5, 5.41) is 1.01. The van der Waals surface area contributed by atoms with E-state index in [1.54, 1.807) is 11.3 Å². The highest BCUT2D eigenvalue weighted by atomic mass is 35.5. The van der Waals surface area contributed by atoms with E-state index in [4.69, 9.17) is 11.6 Å². The summed E-state index contributed by atoms with van der Waals surface area (Å²) < 4.78 is 0. The van der Waals surface area contributed by atoms with E-state index in [0.29, 0.717) is 5.88 Å². The average Bonchev–Trinajstić information content (AvgIpc) is 2.69. The number of nitrogens with zero attached hydrogens (tertiary/aromatic N) is 1. The van der Waals surface area contributed by atoms with Crippen LogP contribution in [0.4, 0.5) is 0 Å². The van der Waals surface area contributed by atoms with Gasteiger partial charge in [-0.2, -0.15) is 0 Å². The minimum absolute atomic E-state index is 0.488. The van der Waals surface area contributed by atoms with E-state index in [0.717, 1.165) is 10.7 Å². The largest absolute Gasteiger partial charge is 0.240 e. The molecule has 0 aliphatic carbocycles. The molecule has 0 radical (unpaired) electrons. The van der Waals surface area contributed by atoms with Gasteiger partial charge in [-0.15, -0.1) is 22.9 Å². The van der Waals surface area contributed by atoms with Gasteiger partial charge in [0.05, 0.1) is 11.6 Å². The minimum Gasteiger partial charge on any atom is -0.240 e. The Labute approximate surface area is 104 Å². The lowest BCUT2D eigenvalue weighted by Gasteiger charge is -1.89. The van der Waals surface area contributed by atoms with Gasteiger partial charge in [0.2, 0.25) is 0 Å². The Hall–Kier alpha value is -1.12. The van der Waals surface area contributed by atoms with Crippen molar-refractivity contribution >= 4 is 35.1 Å². The molecule has 0 fully saturated rings. The molecule has 0 saturated carbocycles. The summed E-state index contributed by atoms with van der Waals surface area (Å²) in [5.41, 5.74) is 2.17. The van der Waals surface area contributed by atoms with Crippen LogP contribution in [0.2, 0.25) is 0 Å². The topological polar surface area (TPSA) is 12.9 Å². The van der Waals surface area contributed by atoms with Crippen molar-refractivity contribution in [2.45, 2.75) is 12.8 Å². The van der Waals surface area contributed by atoms with E-state index in [9.17, 15) is 0 Å². The molecule has 0 unspecified atom stereocenters. The number of hydrogen-bond donors (Lipinski definition) is 0. The molecule has 0 saturated heterocycles. The van der Waals surface area contributed by atoms with Crippen LogP contribution in [-0.2, 0) is 5.88 Å². The van der Waals surface area contributed by atoms with Gasteiger partial charge < -0.3 is 0 Å². The molecule has 3 heteroatoms. The number of thiazole rings is 1. The number of rotatable bonds is 3. The van der Waals surface area contributed by atoms with E-state index in [1.807, 2.05) is 24.3 Å². The number of benzene rings is 1. The normalized spacial score (nSPS) is 11.1. The zero-order chi connectivity index (χ0) is 11.4. The molecule has 0 atom stereocenters. The fourth-order valence-corrected chi connectivity index (χ4v) is 2.56. The lowest BCUT2D eigenvalue weighted by Crippen LogP contribution is -1.79. The van der Waals surface area contributed by atoms with E-state index in [-0.39, 0.29) is 0 Å². The van der Waals surface area contributed by atoms with Gasteiger partial charge in [-0.25, -0.2) is 4.98 Å². The third-order valence-electron chi connectivity index (χ3n) is 2.25. The van der Waals surface area contributed by atoms with Crippen molar-refractivity contribution in [1.29, 1.82) is 0 Å². The number of hydrogen-bond acceptors (Lipinski definition) is 2. The predicted octanol–water partition coefficient (Wildman–Crippen LogP) is 4.36. The summed E-state index contributed by atoms with van der Waals surface area (Å²) >= 11 is 7.46. The summed E-state index contributed by atoms with van der Waals surface area (Å²) in [6.45, 7) is 2.05. The van der Waals surface area contributed by atoms with Gasteiger partial charge in [0.1, 0.15) is 5.01 Å². The van der Waals surface area contributed by atoms with Crippen LogP contribution in [0, 0.1) is 6.92 Å². The highest BCUT2D eigenvalue weighted by molar-refractivity contribution is 7.12. The molecular formula is C13H12ClNS. The van der Waals surface area contributed by atoms with E-state index >= 15 is 0 Å². The second kappa shape index (κ2) is 5.28. The maximum Gasteiger partial charge on any atom is 0.116 e. The van der Waals surface area contributed by atoms with Gasteiger partial charge in [-0.3, -0.25) is 0 Å². The third kappa shape index (κ3) is 2.71. The third-order valence-corrected chi connectivity index (χ3v) is 3.49. The molecule has 2 aromatic rings. The molecule has 2 rings (SSSR count). The van der Waals surface area contributed by atoms with Gasteiger partial charge in [0.15, 0.2) is 0 Å². The molecule has 0 spiro atoms. The molecule has 16 heavy (non-hydrogen) atoms. The lowest BCUT2D eigenvalue weighted by molar-refractivity contribution is 1.18. The summed E-state index contributed by atoms with van der Waals surface area (Å²) in [6.07, 6.45) is 4.10. The van der Waals surface area contributed by atoms with Gasteiger partial charge in [0.25, 0.3) is 0 Å². The first-order valence-electron chi connectivity index (χ1n) is 5.05. The van der Waals surface area contributed by atoms with Crippen molar-refractivity contribution in [3.8, 4) is 0 Å². The van der Waals surface area contributed by atoms with E-state index < -0.39 is 0 Å². The number of aryl methyl sites for hydroxylation is 1. The first-order chi connectivity index (χ1) is 7.79. The second-order valence-electron chi connectivity index (χ2n) is 3.43. The lowest BCUT2D eigenvalue weighted by atomic mass is 10.2. The van der Waals surface area contributed by atoms with Crippen LogP contribution >= 0.6 is 22.9 Å². The van der Waals surface area contributed by atoms with Crippen LogP contribution in [0.25, 0.3) is 12.2 Å². The van der Waals surface area contributed by atoms with Crippen LogP contribution in [0.3, 0.4) is 0 Å². The zero-order valence-electron chi connectivity index (χ0n) is 8.98. The van der Waals surface area contributed by atoms with Crippen LogP contribution in [0.1, 0.15) is 21.1 Å². The smallest absolute Gasteiger partial charge is 0.116 e. The zero-order valence-corrected chi connectivity index (χ0v) is 10.6. The van der Waals surface area contributed by atoms with Crippen molar-refractivity contribution in [2.24, 2.45) is 0 Å². The Kier molecular flexibility index (Phi) is 3.75. The molecule has 0 aliphatic heterocycles. The van der Waals surface area contributed by atoms with Gasteiger partial charge in [-0.1, -0.05) is 36.4 Å².